The van der Waals surface area contributed by atoms with E-state index in [1.165, 1.54) is 0 Å². The summed E-state index contributed by atoms with van der Waals surface area (Å²) < 4.78 is 10.7. The van der Waals surface area contributed by atoms with Crippen LogP contribution in [0.15, 0.2) is 34.9 Å². The van der Waals surface area contributed by atoms with Crippen LogP contribution >= 0.6 is 0 Å². The lowest BCUT2D eigenvalue weighted by Crippen LogP contribution is -2.52. The summed E-state index contributed by atoms with van der Waals surface area (Å²) in [5.74, 6) is 1.28. The molecule has 3 rings (SSSR count). The largest absolute Gasteiger partial charge is 0.372 e. The van der Waals surface area contributed by atoms with Gasteiger partial charge in [0.15, 0.2) is 0 Å². The minimum absolute atomic E-state index is 0.0154. The zero-order chi connectivity index (χ0) is 18.5. The third-order valence-electron chi connectivity index (χ3n) is 4.94. The average molecular weight is 358 g/mol. The highest BCUT2D eigenvalue weighted by atomic mass is 16.5. The van der Waals surface area contributed by atoms with Crippen molar-refractivity contribution in [2.75, 3.05) is 33.3 Å². The Morgan fingerprint density at radius 2 is 1.92 bits per heavy atom. The second kappa shape index (κ2) is 8.42. The molecule has 1 aromatic heterocycles. The number of rotatable bonds is 6. The van der Waals surface area contributed by atoms with Gasteiger partial charge in [-0.25, -0.2) is 0 Å². The molecule has 7 heteroatoms. The van der Waals surface area contributed by atoms with Crippen LogP contribution in [-0.4, -0.2) is 65.2 Å². The van der Waals surface area contributed by atoms with Crippen LogP contribution < -0.4 is 0 Å². The molecule has 1 saturated heterocycles. The molecule has 0 spiro atoms. The molecule has 0 N–H and O–H groups in total. The smallest absolute Gasteiger partial charge is 0.251 e. The van der Waals surface area contributed by atoms with Crippen LogP contribution in [0.5, 0.6) is 0 Å². The molecule has 2 unspecified atom stereocenters. The number of carbonyl (C=O) groups excluding carboxylic acids is 1. The first-order chi connectivity index (χ1) is 12.6. The molecule has 1 aliphatic heterocycles. The first-order valence-corrected chi connectivity index (χ1v) is 9.08. The van der Waals surface area contributed by atoms with E-state index in [0.717, 1.165) is 18.7 Å². The zero-order valence-electron chi connectivity index (χ0n) is 15.6. The van der Waals surface area contributed by atoms with Gasteiger partial charge in [-0.2, -0.15) is 4.98 Å². The van der Waals surface area contributed by atoms with E-state index in [-0.39, 0.29) is 18.1 Å². The first kappa shape index (κ1) is 18.5. The maximum absolute atomic E-state index is 12.4. The summed E-state index contributed by atoms with van der Waals surface area (Å²) in [4.78, 5) is 21.1. The van der Waals surface area contributed by atoms with Crippen molar-refractivity contribution in [3.05, 3.63) is 36.2 Å². The van der Waals surface area contributed by atoms with Gasteiger partial charge in [-0.1, -0.05) is 42.4 Å². The summed E-state index contributed by atoms with van der Waals surface area (Å²) in [5, 5.41) is 4.10. The molecular weight excluding hydrogens is 332 g/mol. The summed E-state index contributed by atoms with van der Waals surface area (Å²) in [6, 6.07) is 9.80. The normalized spacial score (nSPS) is 17.9. The highest BCUT2D eigenvalue weighted by Crippen LogP contribution is 2.23. The van der Waals surface area contributed by atoms with E-state index in [1.54, 1.807) is 7.11 Å². The molecule has 0 aliphatic carbocycles. The number of methoxy groups -OCH3 is 1. The Labute approximate surface area is 153 Å². The van der Waals surface area contributed by atoms with Crippen LogP contribution in [0.25, 0.3) is 11.4 Å². The van der Waals surface area contributed by atoms with E-state index >= 15 is 0 Å². The fourth-order valence-corrected chi connectivity index (χ4v) is 3.24. The summed E-state index contributed by atoms with van der Waals surface area (Å²) in [6.45, 7) is 6.94. The molecule has 1 fully saturated rings. The van der Waals surface area contributed by atoms with Crippen LogP contribution in [0.1, 0.15) is 32.2 Å². The second-order valence-electron chi connectivity index (χ2n) is 6.49. The monoisotopic (exact) mass is 358 g/mol. The third kappa shape index (κ3) is 3.94. The summed E-state index contributed by atoms with van der Waals surface area (Å²) in [5.41, 5.74) is 0.940. The minimum Gasteiger partial charge on any atom is -0.372 e. The lowest BCUT2D eigenvalue weighted by atomic mass is 10.2. The number of benzene rings is 1. The van der Waals surface area contributed by atoms with Gasteiger partial charge in [0.05, 0.1) is 6.04 Å². The third-order valence-corrected chi connectivity index (χ3v) is 4.94. The lowest BCUT2D eigenvalue weighted by Gasteiger charge is -2.37. The van der Waals surface area contributed by atoms with Gasteiger partial charge < -0.3 is 14.2 Å². The first-order valence-electron chi connectivity index (χ1n) is 9.08. The summed E-state index contributed by atoms with van der Waals surface area (Å²) in [6.07, 6.45) is 0.347. The number of ether oxygens (including phenoxy) is 1. The molecule has 0 saturated carbocycles. The average Bonchev–Trinajstić information content (AvgIpc) is 3.19. The van der Waals surface area contributed by atoms with Crippen LogP contribution in [0.4, 0.5) is 0 Å². The molecule has 2 heterocycles. The predicted molar refractivity (Wildman–Crippen MR) is 97.4 cm³/mol. The maximum atomic E-state index is 12.4. The van der Waals surface area contributed by atoms with Gasteiger partial charge in [-0.3, -0.25) is 9.69 Å². The highest BCUT2D eigenvalue weighted by molar-refractivity contribution is 5.81. The fraction of sp³-hybridized carbons (Fsp3) is 0.526. The van der Waals surface area contributed by atoms with Gasteiger partial charge in [-0.15, -0.1) is 0 Å². The molecule has 1 amide bonds. The molecule has 7 nitrogen and oxygen atoms in total. The van der Waals surface area contributed by atoms with E-state index in [9.17, 15) is 4.79 Å². The van der Waals surface area contributed by atoms with Crippen LogP contribution in [-0.2, 0) is 9.53 Å². The van der Waals surface area contributed by atoms with Gasteiger partial charge in [0.25, 0.3) is 5.91 Å². The highest BCUT2D eigenvalue weighted by Gasteiger charge is 2.30. The van der Waals surface area contributed by atoms with E-state index in [4.69, 9.17) is 9.26 Å². The Morgan fingerprint density at radius 1 is 1.23 bits per heavy atom. The van der Waals surface area contributed by atoms with Crippen molar-refractivity contribution in [1.29, 1.82) is 0 Å². The fourth-order valence-electron chi connectivity index (χ4n) is 3.24. The van der Waals surface area contributed by atoms with Crippen molar-refractivity contribution in [2.45, 2.75) is 32.4 Å². The number of hydrogen-bond donors (Lipinski definition) is 0. The molecule has 0 bridgehead atoms. The van der Waals surface area contributed by atoms with E-state index in [0.29, 0.717) is 31.2 Å². The van der Waals surface area contributed by atoms with E-state index in [1.807, 2.05) is 42.2 Å². The molecule has 26 heavy (non-hydrogen) atoms. The van der Waals surface area contributed by atoms with Crippen molar-refractivity contribution in [2.24, 2.45) is 0 Å². The second-order valence-corrected chi connectivity index (χ2v) is 6.49. The maximum Gasteiger partial charge on any atom is 0.251 e. The lowest BCUT2D eigenvalue weighted by molar-refractivity contribution is -0.144. The molecule has 2 atom stereocenters. The van der Waals surface area contributed by atoms with Crippen LogP contribution in [0.3, 0.4) is 0 Å². The van der Waals surface area contributed by atoms with Crippen molar-refractivity contribution in [3.8, 4) is 11.4 Å². The Hall–Kier alpha value is -2.25. The van der Waals surface area contributed by atoms with Crippen molar-refractivity contribution in [3.63, 3.8) is 0 Å². The zero-order valence-corrected chi connectivity index (χ0v) is 15.6. The van der Waals surface area contributed by atoms with Gasteiger partial charge >= 0.3 is 0 Å². The van der Waals surface area contributed by atoms with Gasteiger partial charge in [0.2, 0.25) is 11.7 Å². The number of piperazine rings is 1. The number of hydrogen-bond acceptors (Lipinski definition) is 6. The molecular formula is C19H26N4O3. The van der Waals surface area contributed by atoms with Crippen molar-refractivity contribution < 1.29 is 14.1 Å². The van der Waals surface area contributed by atoms with Crippen LogP contribution in [0.2, 0.25) is 0 Å². The predicted octanol–water partition coefficient (Wildman–Crippen LogP) is 2.37. The number of amides is 1. The standard InChI is InChI=1S/C19H26N4O3/c1-4-16(25-3)19(24)23-12-10-22(11-13-23)14(2)18-20-17(21-26-18)15-8-6-5-7-9-15/h5-9,14,16H,4,10-13H2,1-3H3. The van der Waals surface area contributed by atoms with Gasteiger partial charge in [0.1, 0.15) is 6.10 Å². The number of nitrogens with zero attached hydrogens (tertiary/aromatic N) is 4. The SMILES string of the molecule is CCC(OC)C(=O)N1CCN(C(C)c2nc(-c3ccccc3)no2)CC1. The molecule has 1 aromatic carbocycles. The minimum atomic E-state index is -0.344. The summed E-state index contributed by atoms with van der Waals surface area (Å²) in [7, 11) is 1.59. The van der Waals surface area contributed by atoms with E-state index in [2.05, 4.69) is 22.0 Å². The molecule has 140 valence electrons. The Bertz CT molecular complexity index is 707. The molecule has 1 aliphatic rings. The molecule has 2 aromatic rings. The number of carbonyl (C=O) groups is 1. The summed E-state index contributed by atoms with van der Waals surface area (Å²) >= 11 is 0. The van der Waals surface area contributed by atoms with Gasteiger partial charge in [-0.05, 0) is 13.3 Å². The topological polar surface area (TPSA) is 71.7 Å². The Kier molecular flexibility index (Phi) is 6.00. The quantitative estimate of drug-likeness (QED) is 0.789. The van der Waals surface area contributed by atoms with Crippen LogP contribution in [0, 0.1) is 0 Å². The van der Waals surface area contributed by atoms with E-state index < -0.39 is 0 Å². The van der Waals surface area contributed by atoms with Gasteiger partial charge in [0, 0.05) is 38.9 Å². The van der Waals surface area contributed by atoms with Crippen molar-refractivity contribution in [1.82, 2.24) is 19.9 Å². The Balaban J connectivity index is 1.60. The molecule has 0 radical (unpaired) electrons. The number of aromatic nitrogens is 2. The van der Waals surface area contributed by atoms with Crippen molar-refractivity contribution >= 4 is 5.91 Å². The Morgan fingerprint density at radius 3 is 2.54 bits per heavy atom.